The van der Waals surface area contributed by atoms with Crippen molar-refractivity contribution in [2.45, 2.75) is 38.1 Å². The second-order valence-electron chi connectivity index (χ2n) is 5.87. The molecule has 5 N–H and O–H groups in total. The molecular formula is C15H22N2O3. The molecule has 0 heterocycles. The number of hydrogen-bond acceptors (Lipinski definition) is 4. The van der Waals surface area contributed by atoms with Crippen molar-refractivity contribution >= 4 is 11.6 Å². The fourth-order valence-electron chi connectivity index (χ4n) is 3.01. The minimum Gasteiger partial charge on any atom is -0.508 e. The molecular weight excluding hydrogens is 256 g/mol. The lowest BCUT2D eigenvalue weighted by atomic mass is 9.76. The molecule has 5 heteroatoms. The quantitative estimate of drug-likeness (QED) is 0.499. The third kappa shape index (κ3) is 3.04. The Morgan fingerprint density at radius 3 is 2.95 bits per heavy atom. The molecule has 1 aromatic carbocycles. The number of aromatic hydroxyl groups is 1. The van der Waals surface area contributed by atoms with Crippen LogP contribution in [0.2, 0.25) is 0 Å². The highest BCUT2D eigenvalue weighted by Crippen LogP contribution is 2.32. The van der Waals surface area contributed by atoms with Gasteiger partial charge in [-0.15, -0.1) is 0 Å². The number of aliphatic hydroxyl groups excluding tert-OH is 1. The highest BCUT2D eigenvalue weighted by Gasteiger charge is 2.36. The highest BCUT2D eigenvalue weighted by atomic mass is 16.3. The van der Waals surface area contributed by atoms with Gasteiger partial charge in [0.25, 0.3) is 5.91 Å². The van der Waals surface area contributed by atoms with Crippen LogP contribution in [0.5, 0.6) is 5.75 Å². The maximum absolute atomic E-state index is 12.3. The van der Waals surface area contributed by atoms with Gasteiger partial charge in [0.15, 0.2) is 0 Å². The lowest BCUT2D eigenvalue weighted by molar-refractivity contribution is 0.0697. The molecule has 5 nitrogen and oxygen atoms in total. The zero-order chi connectivity index (χ0) is 14.8. The number of nitrogen functional groups attached to an aromatic ring is 1. The van der Waals surface area contributed by atoms with Crippen LogP contribution in [0.1, 0.15) is 43.0 Å². The van der Waals surface area contributed by atoms with E-state index in [0.29, 0.717) is 11.6 Å². The molecule has 1 aliphatic rings. The third-order valence-corrected chi connectivity index (χ3v) is 4.05. The van der Waals surface area contributed by atoms with Gasteiger partial charge >= 0.3 is 0 Å². The number of carbonyl (C=O) groups excluding carboxylic acids is 1. The number of anilines is 1. The normalized spacial score (nSPS) is 26.2. The molecule has 110 valence electrons. The monoisotopic (exact) mass is 278 g/mol. The van der Waals surface area contributed by atoms with Crippen LogP contribution in [0.15, 0.2) is 18.2 Å². The predicted molar refractivity (Wildman–Crippen MR) is 77.4 cm³/mol. The molecule has 0 spiro atoms. The van der Waals surface area contributed by atoms with E-state index in [9.17, 15) is 15.0 Å². The third-order valence-electron chi connectivity index (χ3n) is 4.05. The van der Waals surface area contributed by atoms with Gasteiger partial charge in [-0.3, -0.25) is 4.79 Å². The van der Waals surface area contributed by atoms with E-state index < -0.39 is 5.54 Å². The maximum atomic E-state index is 12.3. The summed E-state index contributed by atoms with van der Waals surface area (Å²) in [7, 11) is 0. The molecule has 0 radical (unpaired) electrons. The number of carbonyl (C=O) groups is 1. The predicted octanol–water partition coefficient (Wildman–Crippen LogP) is 1.65. The van der Waals surface area contributed by atoms with E-state index in [2.05, 4.69) is 12.2 Å². The number of nitrogens with one attached hydrogen (secondary N) is 1. The van der Waals surface area contributed by atoms with Crippen molar-refractivity contribution in [3.63, 3.8) is 0 Å². The topological polar surface area (TPSA) is 95.6 Å². The molecule has 1 fully saturated rings. The number of rotatable bonds is 3. The van der Waals surface area contributed by atoms with E-state index in [4.69, 9.17) is 5.73 Å². The Morgan fingerprint density at radius 1 is 1.55 bits per heavy atom. The van der Waals surface area contributed by atoms with Crippen molar-refractivity contribution in [3.8, 4) is 5.75 Å². The summed E-state index contributed by atoms with van der Waals surface area (Å²) in [5.74, 6) is 0.124. The lowest BCUT2D eigenvalue weighted by Crippen LogP contribution is -2.53. The summed E-state index contributed by atoms with van der Waals surface area (Å²) >= 11 is 0. The molecule has 1 aromatic rings. The van der Waals surface area contributed by atoms with Crippen molar-refractivity contribution in [3.05, 3.63) is 23.8 Å². The second kappa shape index (κ2) is 5.71. The molecule has 2 rings (SSSR count). The van der Waals surface area contributed by atoms with Gasteiger partial charge in [-0.2, -0.15) is 0 Å². The molecule has 0 aromatic heterocycles. The van der Waals surface area contributed by atoms with E-state index in [0.717, 1.165) is 25.7 Å². The summed E-state index contributed by atoms with van der Waals surface area (Å²) in [5, 5.41) is 22.1. The van der Waals surface area contributed by atoms with E-state index in [-0.39, 0.29) is 23.8 Å². The van der Waals surface area contributed by atoms with Crippen LogP contribution in [-0.2, 0) is 0 Å². The molecule has 1 amide bonds. The van der Waals surface area contributed by atoms with Crippen LogP contribution < -0.4 is 11.1 Å². The highest BCUT2D eigenvalue weighted by molar-refractivity contribution is 6.00. The molecule has 0 bridgehead atoms. The number of hydrogen-bond donors (Lipinski definition) is 4. The first-order chi connectivity index (χ1) is 9.46. The standard InChI is InChI=1S/C15H22N2O3/c1-10-3-2-6-15(8-10,9-18)17-14(20)12-7-11(19)4-5-13(12)16/h4-5,7,10,18-19H,2-3,6,8-9,16H2,1H3,(H,17,20). The van der Waals surface area contributed by atoms with Crippen LogP contribution in [0.25, 0.3) is 0 Å². The van der Waals surface area contributed by atoms with Crippen LogP contribution in [0, 0.1) is 5.92 Å². The molecule has 2 unspecified atom stereocenters. The Bertz CT molecular complexity index is 504. The Morgan fingerprint density at radius 2 is 2.30 bits per heavy atom. The van der Waals surface area contributed by atoms with Crippen molar-refractivity contribution in [2.24, 2.45) is 5.92 Å². The number of benzene rings is 1. The summed E-state index contributed by atoms with van der Waals surface area (Å²) in [4.78, 5) is 12.3. The van der Waals surface area contributed by atoms with Gasteiger partial charge in [-0.25, -0.2) is 0 Å². The van der Waals surface area contributed by atoms with Gasteiger partial charge in [0, 0.05) is 5.69 Å². The van der Waals surface area contributed by atoms with Gasteiger partial charge in [0.2, 0.25) is 0 Å². The average molecular weight is 278 g/mol. The van der Waals surface area contributed by atoms with Crippen LogP contribution in [-0.4, -0.2) is 28.3 Å². The van der Waals surface area contributed by atoms with Crippen LogP contribution in [0.3, 0.4) is 0 Å². The number of phenols is 1. The van der Waals surface area contributed by atoms with Crippen LogP contribution in [0.4, 0.5) is 5.69 Å². The van der Waals surface area contributed by atoms with E-state index in [1.807, 2.05) is 0 Å². The van der Waals surface area contributed by atoms with Gasteiger partial charge in [0.05, 0.1) is 17.7 Å². The van der Waals surface area contributed by atoms with E-state index in [1.165, 1.54) is 18.2 Å². The SMILES string of the molecule is CC1CCCC(CO)(NC(=O)c2cc(O)ccc2N)C1. The molecule has 1 aliphatic carbocycles. The zero-order valence-electron chi connectivity index (χ0n) is 11.7. The largest absolute Gasteiger partial charge is 0.508 e. The average Bonchev–Trinajstić information content (AvgIpc) is 2.41. The van der Waals surface area contributed by atoms with Gasteiger partial charge in [0.1, 0.15) is 5.75 Å². The Kier molecular flexibility index (Phi) is 4.18. The maximum Gasteiger partial charge on any atom is 0.254 e. The molecule has 1 saturated carbocycles. The van der Waals surface area contributed by atoms with Crippen molar-refractivity contribution in [1.82, 2.24) is 5.32 Å². The first-order valence-electron chi connectivity index (χ1n) is 6.98. The smallest absolute Gasteiger partial charge is 0.254 e. The molecule has 20 heavy (non-hydrogen) atoms. The Hall–Kier alpha value is -1.75. The van der Waals surface area contributed by atoms with Gasteiger partial charge < -0.3 is 21.3 Å². The first-order valence-corrected chi connectivity index (χ1v) is 6.98. The van der Waals surface area contributed by atoms with Crippen molar-refractivity contribution in [2.75, 3.05) is 12.3 Å². The molecule has 2 atom stereocenters. The second-order valence-corrected chi connectivity index (χ2v) is 5.87. The van der Waals surface area contributed by atoms with E-state index >= 15 is 0 Å². The van der Waals surface area contributed by atoms with Gasteiger partial charge in [-0.1, -0.05) is 19.8 Å². The van der Waals surface area contributed by atoms with E-state index in [1.54, 1.807) is 0 Å². The fraction of sp³-hybridized carbons (Fsp3) is 0.533. The summed E-state index contributed by atoms with van der Waals surface area (Å²) in [5.41, 5.74) is 5.76. The minimum absolute atomic E-state index is 0.000546. The van der Waals surface area contributed by atoms with Crippen LogP contribution >= 0.6 is 0 Å². The summed E-state index contributed by atoms with van der Waals surface area (Å²) in [6.45, 7) is 2.04. The summed E-state index contributed by atoms with van der Waals surface area (Å²) < 4.78 is 0. The Balaban J connectivity index is 2.19. The number of amides is 1. The van der Waals surface area contributed by atoms with Crippen molar-refractivity contribution in [1.29, 1.82) is 0 Å². The van der Waals surface area contributed by atoms with Crippen molar-refractivity contribution < 1.29 is 15.0 Å². The fourth-order valence-corrected chi connectivity index (χ4v) is 3.01. The van der Waals surface area contributed by atoms with Gasteiger partial charge in [-0.05, 0) is 37.0 Å². The minimum atomic E-state index is -0.577. The lowest BCUT2D eigenvalue weighted by Gasteiger charge is -2.39. The summed E-state index contributed by atoms with van der Waals surface area (Å²) in [6.07, 6.45) is 3.62. The molecule has 0 aliphatic heterocycles. The molecule has 0 saturated heterocycles. The number of nitrogens with two attached hydrogens (primary N) is 1. The Labute approximate surface area is 118 Å². The number of aliphatic hydroxyl groups is 1. The first kappa shape index (κ1) is 14.7. The zero-order valence-corrected chi connectivity index (χ0v) is 11.7. The number of phenolic OH excluding ortho intramolecular Hbond substituents is 1. The summed E-state index contributed by atoms with van der Waals surface area (Å²) in [6, 6.07) is 4.29.